The largest absolute Gasteiger partial charge is 0.416 e. The summed E-state index contributed by atoms with van der Waals surface area (Å²) in [5.41, 5.74) is -1.84. The Labute approximate surface area is 172 Å². The Bertz CT molecular complexity index is 838. The molecule has 1 aliphatic rings. The molecule has 0 heterocycles. The summed E-state index contributed by atoms with van der Waals surface area (Å²) in [4.78, 5) is 12.3. The number of nitrogens with zero attached hydrogens (tertiary/aromatic N) is 1. The molecule has 1 amide bonds. The van der Waals surface area contributed by atoms with Crippen LogP contribution in [-0.4, -0.2) is 11.6 Å². The molecule has 3 nitrogen and oxygen atoms in total. The summed E-state index contributed by atoms with van der Waals surface area (Å²) in [5, 5.41) is 3.68. The van der Waals surface area contributed by atoms with Crippen LogP contribution in [0.2, 0.25) is 0 Å². The first-order valence-electron chi connectivity index (χ1n) is 8.22. The van der Waals surface area contributed by atoms with Gasteiger partial charge in [0, 0.05) is 0 Å². The lowest BCUT2D eigenvalue weighted by atomic mass is 10.0. The number of allylic oxidation sites excluding steroid dienone is 1. The van der Waals surface area contributed by atoms with Crippen LogP contribution in [0.25, 0.3) is 0 Å². The zero-order valence-corrected chi connectivity index (χ0v) is 16.9. The minimum Gasteiger partial charge on any atom is -0.273 e. The first-order chi connectivity index (χ1) is 13.0. The van der Waals surface area contributed by atoms with Crippen LogP contribution in [0.15, 0.2) is 33.9 Å². The van der Waals surface area contributed by atoms with Crippen molar-refractivity contribution in [2.24, 2.45) is 22.4 Å². The molecule has 160 valence electrons. The predicted octanol–water partition coefficient (Wildman–Crippen LogP) is 6.16. The maximum atomic E-state index is 13.0. The maximum Gasteiger partial charge on any atom is 0.416 e. The summed E-state index contributed by atoms with van der Waals surface area (Å²) in [6.07, 6.45) is -8.46. The molecule has 0 aromatic heterocycles. The fourth-order valence-corrected chi connectivity index (χ4v) is 3.33. The Morgan fingerprint density at radius 1 is 1.07 bits per heavy atom. The number of rotatable bonds is 4. The molecule has 1 fully saturated rings. The first-order valence-corrected chi connectivity index (χ1v) is 8.97. The summed E-state index contributed by atoms with van der Waals surface area (Å²) < 4.78 is 77.7. The number of nitrogens with one attached hydrogen (secondary N) is 1. The van der Waals surface area contributed by atoms with Gasteiger partial charge in [-0.15, -0.1) is 0 Å². The van der Waals surface area contributed by atoms with Crippen LogP contribution in [0.5, 0.6) is 0 Å². The quantitative estimate of drug-likeness (QED) is 0.326. The number of hydrogen-bond acceptors (Lipinski definition) is 2. The molecule has 0 saturated heterocycles. The van der Waals surface area contributed by atoms with E-state index in [-0.39, 0.29) is 22.2 Å². The molecule has 0 aliphatic heterocycles. The van der Waals surface area contributed by atoms with Crippen molar-refractivity contribution in [3.05, 3.63) is 45.5 Å². The lowest BCUT2D eigenvalue weighted by Gasteiger charge is -2.14. The Morgan fingerprint density at radius 3 is 1.97 bits per heavy atom. The van der Waals surface area contributed by atoms with Crippen LogP contribution >= 0.6 is 23.2 Å². The zero-order valence-electron chi connectivity index (χ0n) is 15.3. The number of hydrogen-bond donors (Lipinski definition) is 1. The summed E-state index contributed by atoms with van der Waals surface area (Å²) in [6, 6.07) is 1.11. The van der Waals surface area contributed by atoms with Gasteiger partial charge in [-0.2, -0.15) is 31.4 Å². The highest BCUT2D eigenvalue weighted by atomic mass is 35.5. The van der Waals surface area contributed by atoms with Crippen molar-refractivity contribution in [1.82, 2.24) is 5.43 Å². The molecule has 2 unspecified atom stereocenters. The fraction of sp³-hybridized carbons (Fsp3) is 0.444. The van der Waals surface area contributed by atoms with Crippen molar-refractivity contribution in [1.29, 1.82) is 0 Å². The van der Waals surface area contributed by atoms with Gasteiger partial charge in [-0.1, -0.05) is 37.0 Å². The van der Waals surface area contributed by atoms with Gasteiger partial charge < -0.3 is 0 Å². The number of alkyl halides is 6. The van der Waals surface area contributed by atoms with E-state index in [9.17, 15) is 31.1 Å². The van der Waals surface area contributed by atoms with E-state index in [1.165, 1.54) is 13.0 Å². The van der Waals surface area contributed by atoms with Crippen molar-refractivity contribution in [3.63, 3.8) is 0 Å². The molecule has 0 spiro atoms. The van der Waals surface area contributed by atoms with Gasteiger partial charge in [0.05, 0.1) is 22.8 Å². The minimum absolute atomic E-state index is 0.0123. The molecular formula is C18H16Cl2F6N2O. The molecule has 0 bridgehead atoms. The molecule has 0 radical (unpaired) electrons. The molecule has 2 rings (SSSR count). The number of halogens is 8. The third-order valence-corrected chi connectivity index (χ3v) is 5.09. The molecule has 1 N–H and O–H groups in total. The van der Waals surface area contributed by atoms with Crippen molar-refractivity contribution < 1.29 is 31.1 Å². The average Bonchev–Trinajstić information content (AvgIpc) is 3.09. The normalized spacial score (nSPS) is 21.6. The summed E-state index contributed by atoms with van der Waals surface area (Å²) in [7, 11) is 0. The highest BCUT2D eigenvalue weighted by Crippen LogP contribution is 2.59. The number of hydrazone groups is 1. The summed E-state index contributed by atoms with van der Waals surface area (Å²) >= 11 is 11.2. The lowest BCUT2D eigenvalue weighted by Crippen LogP contribution is -2.23. The van der Waals surface area contributed by atoms with E-state index in [0.29, 0.717) is 12.1 Å². The fourth-order valence-electron chi connectivity index (χ4n) is 3.06. The molecule has 1 aliphatic carbocycles. The van der Waals surface area contributed by atoms with E-state index >= 15 is 0 Å². The van der Waals surface area contributed by atoms with Crippen molar-refractivity contribution in [2.45, 2.75) is 33.1 Å². The van der Waals surface area contributed by atoms with Crippen LogP contribution in [0.4, 0.5) is 26.3 Å². The number of carbonyl (C=O) groups excluding carboxylic acids is 1. The lowest BCUT2D eigenvalue weighted by molar-refractivity contribution is -0.143. The minimum atomic E-state index is -4.97. The number of benzene rings is 1. The Kier molecular flexibility index (Phi) is 6.36. The van der Waals surface area contributed by atoms with Crippen molar-refractivity contribution in [2.75, 3.05) is 0 Å². The van der Waals surface area contributed by atoms with Crippen LogP contribution in [-0.2, 0) is 17.1 Å². The number of amides is 1. The Balaban J connectivity index is 2.28. The van der Waals surface area contributed by atoms with E-state index in [1.807, 2.05) is 0 Å². The average molecular weight is 461 g/mol. The SMILES string of the molecule is C/C(=N\NC(=O)C1C(C=C(Cl)Cl)C1(C)C)c1cc(C(F)(F)F)cc(C(F)(F)F)c1. The second-order valence-corrected chi connectivity index (χ2v) is 8.26. The standard InChI is InChI=1S/C18H16Cl2F6N2O/c1-8(27-28-15(29)14-12(7-13(19)20)16(14,2)3)9-4-10(17(21,22)23)6-11(5-9)18(24,25)26/h4-7,12,14H,1-3H3,(H,28,29)/b27-8+. The predicted molar refractivity (Wildman–Crippen MR) is 97.3 cm³/mol. The van der Waals surface area contributed by atoms with E-state index in [2.05, 4.69) is 10.5 Å². The molecule has 1 saturated carbocycles. The highest BCUT2D eigenvalue weighted by Gasteiger charge is 2.60. The van der Waals surface area contributed by atoms with Gasteiger partial charge in [0.2, 0.25) is 5.91 Å². The van der Waals surface area contributed by atoms with Crippen LogP contribution in [0.3, 0.4) is 0 Å². The smallest absolute Gasteiger partial charge is 0.273 e. The molecule has 29 heavy (non-hydrogen) atoms. The second kappa shape index (κ2) is 7.83. The first kappa shape index (κ1) is 23.5. The van der Waals surface area contributed by atoms with Gasteiger partial charge in [0.1, 0.15) is 4.49 Å². The van der Waals surface area contributed by atoms with Crippen LogP contribution < -0.4 is 5.43 Å². The highest BCUT2D eigenvalue weighted by molar-refractivity contribution is 6.55. The van der Waals surface area contributed by atoms with E-state index < -0.39 is 46.3 Å². The monoisotopic (exact) mass is 460 g/mol. The van der Waals surface area contributed by atoms with Gasteiger partial charge in [0.15, 0.2) is 0 Å². The molecule has 11 heteroatoms. The molecule has 2 atom stereocenters. The molecular weight excluding hydrogens is 445 g/mol. The topological polar surface area (TPSA) is 41.5 Å². The van der Waals surface area contributed by atoms with E-state index in [1.54, 1.807) is 13.8 Å². The zero-order chi connectivity index (χ0) is 22.4. The van der Waals surface area contributed by atoms with Gasteiger partial charge in [-0.25, -0.2) is 5.43 Å². The molecule has 1 aromatic rings. The van der Waals surface area contributed by atoms with Gasteiger partial charge in [-0.05, 0) is 48.1 Å². The Morgan fingerprint density at radius 2 is 1.55 bits per heavy atom. The molecule has 1 aromatic carbocycles. The second-order valence-electron chi connectivity index (χ2n) is 7.25. The van der Waals surface area contributed by atoms with Crippen molar-refractivity contribution in [3.8, 4) is 0 Å². The summed E-state index contributed by atoms with van der Waals surface area (Å²) in [5.74, 6) is -1.36. The van der Waals surface area contributed by atoms with Gasteiger partial charge >= 0.3 is 12.4 Å². The number of carbonyl (C=O) groups is 1. The third kappa shape index (κ3) is 5.45. The third-order valence-electron chi connectivity index (χ3n) is 4.84. The van der Waals surface area contributed by atoms with E-state index in [4.69, 9.17) is 23.2 Å². The van der Waals surface area contributed by atoms with Crippen LogP contribution in [0.1, 0.15) is 37.5 Å². The van der Waals surface area contributed by atoms with Gasteiger partial charge in [0.25, 0.3) is 0 Å². The van der Waals surface area contributed by atoms with E-state index in [0.717, 1.165) is 0 Å². The van der Waals surface area contributed by atoms with Crippen LogP contribution in [0, 0.1) is 17.3 Å². The van der Waals surface area contributed by atoms with Gasteiger partial charge in [-0.3, -0.25) is 4.79 Å². The summed E-state index contributed by atoms with van der Waals surface area (Å²) in [6.45, 7) is 4.77. The Hall–Kier alpha value is -1.74. The van der Waals surface area contributed by atoms with Crippen molar-refractivity contribution >= 4 is 34.8 Å². The maximum absolute atomic E-state index is 13.0.